The molecule has 3 rings (SSSR count). The summed E-state index contributed by atoms with van der Waals surface area (Å²) in [6.07, 6.45) is 1.36. The van der Waals surface area contributed by atoms with E-state index in [9.17, 15) is 9.59 Å². The Balaban J connectivity index is 1.58. The average Bonchev–Trinajstić information content (AvgIpc) is 2.70. The third-order valence-corrected chi connectivity index (χ3v) is 5.41. The fourth-order valence-electron chi connectivity index (χ4n) is 3.56. The van der Waals surface area contributed by atoms with Crippen LogP contribution in [0.2, 0.25) is 0 Å². The molecule has 2 amide bonds. The fourth-order valence-corrected chi connectivity index (χ4v) is 3.56. The SMILES string of the molecule is Cc1ccc(C(=O)N2CCC(C(=O)Nc3ccccc3OC(C)C)CC2)cc1C. The third kappa shape index (κ3) is 5.17. The van der Waals surface area contributed by atoms with Crippen LogP contribution in [-0.2, 0) is 4.79 Å². The second kappa shape index (κ2) is 9.12. The summed E-state index contributed by atoms with van der Waals surface area (Å²) in [5, 5.41) is 3.01. The Morgan fingerprint density at radius 1 is 1.03 bits per heavy atom. The van der Waals surface area contributed by atoms with Crippen molar-refractivity contribution in [1.82, 2.24) is 4.90 Å². The number of para-hydroxylation sites is 2. The number of benzene rings is 2. The molecule has 1 fully saturated rings. The Morgan fingerprint density at radius 3 is 2.38 bits per heavy atom. The first kappa shape index (κ1) is 20.9. The van der Waals surface area contributed by atoms with E-state index in [1.807, 2.05) is 75.1 Å². The molecular formula is C24H30N2O3. The van der Waals surface area contributed by atoms with E-state index < -0.39 is 0 Å². The topological polar surface area (TPSA) is 58.6 Å². The largest absolute Gasteiger partial charge is 0.489 e. The van der Waals surface area contributed by atoms with Crippen molar-refractivity contribution in [1.29, 1.82) is 0 Å². The monoisotopic (exact) mass is 394 g/mol. The number of amides is 2. The van der Waals surface area contributed by atoms with Crippen LogP contribution in [0.1, 0.15) is 48.2 Å². The number of nitrogens with one attached hydrogen (secondary N) is 1. The molecule has 0 unspecified atom stereocenters. The normalized spacial score (nSPS) is 14.7. The molecule has 29 heavy (non-hydrogen) atoms. The van der Waals surface area contributed by atoms with Crippen molar-refractivity contribution in [2.75, 3.05) is 18.4 Å². The van der Waals surface area contributed by atoms with E-state index in [4.69, 9.17) is 4.74 Å². The smallest absolute Gasteiger partial charge is 0.253 e. The zero-order valence-corrected chi connectivity index (χ0v) is 17.7. The van der Waals surface area contributed by atoms with Crippen LogP contribution in [0, 0.1) is 19.8 Å². The number of anilines is 1. The Kier molecular flexibility index (Phi) is 6.57. The second-order valence-corrected chi connectivity index (χ2v) is 8.02. The summed E-state index contributed by atoms with van der Waals surface area (Å²) in [5.74, 6) is 0.606. The van der Waals surface area contributed by atoms with Crippen molar-refractivity contribution in [3.05, 3.63) is 59.2 Å². The number of piperidine rings is 1. The summed E-state index contributed by atoms with van der Waals surface area (Å²) < 4.78 is 5.78. The Bertz CT molecular complexity index is 883. The van der Waals surface area contributed by atoms with Gasteiger partial charge in [-0.15, -0.1) is 0 Å². The molecule has 2 aromatic rings. The predicted molar refractivity (Wildman–Crippen MR) is 115 cm³/mol. The van der Waals surface area contributed by atoms with Crippen LogP contribution in [0.15, 0.2) is 42.5 Å². The van der Waals surface area contributed by atoms with Gasteiger partial charge in [0, 0.05) is 24.6 Å². The first-order valence-electron chi connectivity index (χ1n) is 10.3. The van der Waals surface area contributed by atoms with Gasteiger partial charge in [0.15, 0.2) is 0 Å². The lowest BCUT2D eigenvalue weighted by atomic mass is 9.95. The lowest BCUT2D eigenvalue weighted by Crippen LogP contribution is -2.41. The van der Waals surface area contributed by atoms with Gasteiger partial charge in [-0.05, 0) is 75.9 Å². The Morgan fingerprint density at radius 2 is 1.72 bits per heavy atom. The number of carbonyl (C=O) groups excluding carboxylic acids is 2. The zero-order valence-electron chi connectivity index (χ0n) is 17.7. The molecule has 1 N–H and O–H groups in total. The van der Waals surface area contributed by atoms with Crippen LogP contribution < -0.4 is 10.1 Å². The molecule has 1 aliphatic heterocycles. The molecule has 5 nitrogen and oxygen atoms in total. The highest BCUT2D eigenvalue weighted by molar-refractivity contribution is 5.96. The summed E-state index contributed by atoms with van der Waals surface area (Å²) in [5.41, 5.74) is 3.71. The summed E-state index contributed by atoms with van der Waals surface area (Å²) in [6, 6.07) is 13.3. The molecule has 0 atom stereocenters. The van der Waals surface area contributed by atoms with Crippen molar-refractivity contribution >= 4 is 17.5 Å². The molecule has 5 heteroatoms. The molecule has 1 heterocycles. The van der Waals surface area contributed by atoms with Crippen LogP contribution >= 0.6 is 0 Å². The highest BCUT2D eigenvalue weighted by Gasteiger charge is 2.28. The molecule has 2 aromatic carbocycles. The Labute approximate surface area is 173 Å². The molecule has 154 valence electrons. The number of hydrogen-bond donors (Lipinski definition) is 1. The minimum absolute atomic E-state index is 0.0110. The van der Waals surface area contributed by atoms with Crippen LogP contribution in [0.4, 0.5) is 5.69 Å². The van der Waals surface area contributed by atoms with Gasteiger partial charge < -0.3 is 15.0 Å². The van der Waals surface area contributed by atoms with Gasteiger partial charge in [-0.25, -0.2) is 0 Å². The molecule has 1 saturated heterocycles. The summed E-state index contributed by atoms with van der Waals surface area (Å²) in [6.45, 7) is 9.16. The van der Waals surface area contributed by atoms with Gasteiger partial charge in [-0.3, -0.25) is 9.59 Å². The number of rotatable bonds is 5. The molecule has 0 spiro atoms. The quantitative estimate of drug-likeness (QED) is 0.807. The van der Waals surface area contributed by atoms with E-state index in [2.05, 4.69) is 5.32 Å². The molecule has 0 saturated carbocycles. The number of carbonyl (C=O) groups is 2. The fraction of sp³-hybridized carbons (Fsp3) is 0.417. The van der Waals surface area contributed by atoms with Crippen molar-refractivity contribution in [3.8, 4) is 5.75 Å². The van der Waals surface area contributed by atoms with Gasteiger partial charge in [-0.2, -0.15) is 0 Å². The van der Waals surface area contributed by atoms with Crippen molar-refractivity contribution in [2.45, 2.75) is 46.6 Å². The zero-order chi connectivity index (χ0) is 21.0. The summed E-state index contributed by atoms with van der Waals surface area (Å²) in [7, 11) is 0. The van der Waals surface area contributed by atoms with Crippen molar-refractivity contribution < 1.29 is 14.3 Å². The lowest BCUT2D eigenvalue weighted by molar-refractivity contribution is -0.121. The highest BCUT2D eigenvalue weighted by Crippen LogP contribution is 2.27. The molecule has 1 aliphatic rings. The maximum Gasteiger partial charge on any atom is 0.253 e. The number of likely N-dealkylation sites (tertiary alicyclic amines) is 1. The summed E-state index contributed by atoms with van der Waals surface area (Å²) in [4.78, 5) is 27.4. The van der Waals surface area contributed by atoms with Gasteiger partial charge in [0.25, 0.3) is 5.91 Å². The highest BCUT2D eigenvalue weighted by atomic mass is 16.5. The van der Waals surface area contributed by atoms with E-state index in [0.717, 1.165) is 11.1 Å². The molecule has 0 radical (unpaired) electrons. The number of aryl methyl sites for hydroxylation is 2. The Hall–Kier alpha value is -2.82. The van der Waals surface area contributed by atoms with E-state index in [0.29, 0.717) is 37.4 Å². The van der Waals surface area contributed by atoms with Gasteiger partial charge in [0.2, 0.25) is 5.91 Å². The second-order valence-electron chi connectivity index (χ2n) is 8.02. The number of nitrogens with zero attached hydrogens (tertiary/aromatic N) is 1. The lowest BCUT2D eigenvalue weighted by Gasteiger charge is -2.31. The maximum absolute atomic E-state index is 12.8. The third-order valence-electron chi connectivity index (χ3n) is 5.41. The van der Waals surface area contributed by atoms with Crippen molar-refractivity contribution in [2.24, 2.45) is 5.92 Å². The maximum atomic E-state index is 12.8. The van der Waals surface area contributed by atoms with Gasteiger partial charge in [0.05, 0.1) is 11.8 Å². The van der Waals surface area contributed by atoms with Gasteiger partial charge >= 0.3 is 0 Å². The number of ether oxygens (including phenoxy) is 1. The molecular weight excluding hydrogens is 364 g/mol. The van der Waals surface area contributed by atoms with Gasteiger partial charge in [-0.1, -0.05) is 18.2 Å². The molecule has 0 bridgehead atoms. The van der Waals surface area contributed by atoms with Crippen LogP contribution in [0.3, 0.4) is 0 Å². The minimum atomic E-state index is -0.106. The molecule has 0 aliphatic carbocycles. The first-order valence-corrected chi connectivity index (χ1v) is 10.3. The molecule has 0 aromatic heterocycles. The van der Waals surface area contributed by atoms with E-state index in [-0.39, 0.29) is 23.8 Å². The minimum Gasteiger partial charge on any atom is -0.489 e. The standard InChI is InChI=1S/C24H30N2O3/c1-16(2)29-22-8-6-5-7-21(22)25-23(27)19-11-13-26(14-12-19)24(28)20-10-9-17(3)18(4)15-20/h5-10,15-16,19H,11-14H2,1-4H3,(H,25,27). The predicted octanol–water partition coefficient (Wildman–Crippen LogP) is 4.58. The average molecular weight is 395 g/mol. The van der Waals surface area contributed by atoms with Crippen LogP contribution in [0.5, 0.6) is 5.75 Å². The van der Waals surface area contributed by atoms with E-state index in [1.54, 1.807) is 0 Å². The first-order chi connectivity index (χ1) is 13.8. The number of hydrogen-bond acceptors (Lipinski definition) is 3. The van der Waals surface area contributed by atoms with Gasteiger partial charge in [0.1, 0.15) is 5.75 Å². The van der Waals surface area contributed by atoms with Crippen LogP contribution in [0.25, 0.3) is 0 Å². The van der Waals surface area contributed by atoms with E-state index >= 15 is 0 Å². The van der Waals surface area contributed by atoms with Crippen LogP contribution in [-0.4, -0.2) is 35.9 Å². The van der Waals surface area contributed by atoms with E-state index in [1.165, 1.54) is 5.56 Å². The van der Waals surface area contributed by atoms with Crippen molar-refractivity contribution in [3.63, 3.8) is 0 Å². The summed E-state index contributed by atoms with van der Waals surface area (Å²) >= 11 is 0.